The van der Waals surface area contributed by atoms with Crippen LogP contribution < -0.4 is 4.74 Å². The lowest BCUT2D eigenvalue weighted by Gasteiger charge is -2.51. The average molecular weight is 403 g/mol. The molecule has 3 aliphatic rings. The van der Waals surface area contributed by atoms with Crippen LogP contribution in [-0.2, 0) is 14.3 Å². The van der Waals surface area contributed by atoms with Gasteiger partial charge in [-0.25, -0.2) is 0 Å². The summed E-state index contributed by atoms with van der Waals surface area (Å²) in [4.78, 5) is 6.78. The van der Waals surface area contributed by atoms with Crippen LogP contribution in [0.25, 0.3) is 10.9 Å². The molecule has 3 fully saturated rings. The van der Waals surface area contributed by atoms with Crippen LogP contribution in [0.15, 0.2) is 43.1 Å². The first-order valence-electron chi connectivity index (χ1n) is 9.57. The third kappa shape index (κ3) is 3.66. The summed E-state index contributed by atoms with van der Waals surface area (Å²) < 4.78 is 35.4. The van der Waals surface area contributed by atoms with Gasteiger partial charge >= 0.3 is 0 Å². The van der Waals surface area contributed by atoms with Crippen LogP contribution in [0.2, 0.25) is 0 Å². The molecule has 2 bridgehead atoms. The van der Waals surface area contributed by atoms with Crippen LogP contribution in [0, 0.1) is 11.8 Å². The van der Waals surface area contributed by atoms with Crippen molar-refractivity contribution in [1.82, 2.24) is 9.88 Å². The van der Waals surface area contributed by atoms with E-state index in [0.717, 1.165) is 48.7 Å². The van der Waals surface area contributed by atoms with E-state index in [1.165, 1.54) is 0 Å². The van der Waals surface area contributed by atoms with Gasteiger partial charge in [0.2, 0.25) is 0 Å². The molecule has 0 radical (unpaired) electrons. The summed E-state index contributed by atoms with van der Waals surface area (Å²) in [6.07, 6.45) is 6.29. The van der Waals surface area contributed by atoms with E-state index in [-0.39, 0.29) is 6.04 Å². The Bertz CT molecular complexity index is 991. The molecule has 28 heavy (non-hydrogen) atoms. The highest BCUT2D eigenvalue weighted by atomic mass is 32.2. The van der Waals surface area contributed by atoms with Crippen molar-refractivity contribution in [2.75, 3.05) is 26.5 Å². The van der Waals surface area contributed by atoms with Crippen LogP contribution in [0.1, 0.15) is 24.5 Å². The highest BCUT2D eigenvalue weighted by molar-refractivity contribution is 7.86. The van der Waals surface area contributed by atoms with Crippen molar-refractivity contribution in [3.8, 4) is 5.75 Å². The molecule has 3 saturated heterocycles. The van der Waals surface area contributed by atoms with Crippen molar-refractivity contribution < 1.29 is 17.3 Å². The number of aromatic nitrogens is 1. The molecule has 0 saturated carbocycles. The van der Waals surface area contributed by atoms with Crippen molar-refractivity contribution in [2.45, 2.75) is 25.0 Å². The number of fused-ring (bicyclic) bond motifs is 4. The number of hydrogen-bond acceptors (Lipinski definition) is 6. The third-order valence-electron chi connectivity index (χ3n) is 6.07. The van der Waals surface area contributed by atoms with Crippen molar-refractivity contribution in [1.29, 1.82) is 0 Å². The van der Waals surface area contributed by atoms with Gasteiger partial charge in [-0.1, -0.05) is 6.08 Å². The molecular weight excluding hydrogens is 376 g/mol. The fraction of sp³-hybridized carbons (Fsp3) is 0.476. The van der Waals surface area contributed by atoms with E-state index in [0.29, 0.717) is 17.6 Å². The maximum Gasteiger partial charge on any atom is 0.265 e. The molecule has 0 N–H and O–H groups in total. The molecule has 0 amide bonds. The number of ether oxygens (including phenoxy) is 1. The van der Waals surface area contributed by atoms with Crippen LogP contribution in [0.3, 0.4) is 0 Å². The largest absolute Gasteiger partial charge is 0.497 e. The predicted molar refractivity (Wildman–Crippen MR) is 109 cm³/mol. The third-order valence-corrected chi connectivity index (χ3v) is 6.63. The highest BCUT2D eigenvalue weighted by Gasteiger charge is 2.44. The standard InChI is InChI=1S/C21H26N2O4S/c1-4-14-13-23-10-8-15(14)11-20(23)21(27-28(3,24)25)17-7-9-22-19-6-5-16(26-2)12-18(17)19/h4-7,9,12,14-15,20-21H,1,8,10-11,13H2,2-3H3/t14-,15-,20-,21-/m0/s1. The minimum absolute atomic E-state index is 0.00137. The zero-order valence-electron chi connectivity index (χ0n) is 16.2. The quantitative estimate of drug-likeness (QED) is 0.546. The van der Waals surface area contributed by atoms with E-state index in [9.17, 15) is 8.42 Å². The minimum atomic E-state index is -3.64. The summed E-state index contributed by atoms with van der Waals surface area (Å²) in [5, 5.41) is 0.860. The van der Waals surface area contributed by atoms with Gasteiger partial charge in [0.15, 0.2) is 0 Å². The molecule has 150 valence electrons. The summed E-state index contributed by atoms with van der Waals surface area (Å²) >= 11 is 0. The molecule has 7 heteroatoms. The van der Waals surface area contributed by atoms with Gasteiger partial charge < -0.3 is 4.74 Å². The molecule has 5 atom stereocenters. The fourth-order valence-corrected chi connectivity index (χ4v) is 5.33. The van der Waals surface area contributed by atoms with Gasteiger partial charge in [0.1, 0.15) is 11.9 Å². The van der Waals surface area contributed by atoms with E-state index in [4.69, 9.17) is 8.92 Å². The van der Waals surface area contributed by atoms with Gasteiger partial charge in [0, 0.05) is 24.2 Å². The lowest BCUT2D eigenvalue weighted by Crippen LogP contribution is -2.55. The van der Waals surface area contributed by atoms with Crippen LogP contribution >= 0.6 is 0 Å². The second-order valence-corrected chi connectivity index (χ2v) is 9.35. The van der Waals surface area contributed by atoms with Gasteiger partial charge in [0.05, 0.1) is 18.9 Å². The van der Waals surface area contributed by atoms with Gasteiger partial charge in [-0.3, -0.25) is 14.1 Å². The number of hydrogen-bond donors (Lipinski definition) is 0. The van der Waals surface area contributed by atoms with Crippen molar-refractivity contribution >= 4 is 21.0 Å². The number of benzene rings is 1. The molecule has 0 spiro atoms. The molecule has 2 aromatic rings. The number of rotatable bonds is 6. The predicted octanol–water partition coefficient (Wildman–Crippen LogP) is 3.16. The van der Waals surface area contributed by atoms with Crippen molar-refractivity contribution in [3.05, 3.63) is 48.7 Å². The Morgan fingerprint density at radius 1 is 1.36 bits per heavy atom. The van der Waals surface area contributed by atoms with Crippen LogP contribution in [0.4, 0.5) is 0 Å². The second-order valence-electron chi connectivity index (χ2n) is 7.75. The smallest absolute Gasteiger partial charge is 0.265 e. The summed E-state index contributed by atoms with van der Waals surface area (Å²) in [6, 6.07) is 7.51. The SMILES string of the molecule is C=C[C@H]1CN2CC[C@H]1C[C@H]2[C@@H](OS(C)(=O)=O)c1ccnc2ccc(OC)cc12. The van der Waals surface area contributed by atoms with E-state index in [1.54, 1.807) is 13.3 Å². The topological polar surface area (TPSA) is 68.7 Å². The van der Waals surface area contributed by atoms with E-state index in [2.05, 4.69) is 16.5 Å². The molecule has 1 aromatic carbocycles. The Hall–Kier alpha value is -1.96. The van der Waals surface area contributed by atoms with Crippen molar-refractivity contribution in [2.24, 2.45) is 11.8 Å². The number of methoxy groups -OCH3 is 1. The zero-order chi connectivity index (χ0) is 19.9. The highest BCUT2D eigenvalue weighted by Crippen LogP contribution is 2.44. The first-order valence-corrected chi connectivity index (χ1v) is 11.4. The van der Waals surface area contributed by atoms with Gasteiger partial charge in [0.25, 0.3) is 10.1 Å². The average Bonchev–Trinajstić information content (AvgIpc) is 2.70. The van der Waals surface area contributed by atoms with E-state index in [1.807, 2.05) is 30.3 Å². The molecular formula is C21H26N2O4S. The second kappa shape index (κ2) is 7.46. The lowest BCUT2D eigenvalue weighted by molar-refractivity contribution is -0.0336. The Balaban J connectivity index is 1.80. The Morgan fingerprint density at radius 3 is 2.82 bits per heavy atom. The van der Waals surface area contributed by atoms with E-state index < -0.39 is 16.2 Å². The van der Waals surface area contributed by atoms with Crippen molar-refractivity contribution in [3.63, 3.8) is 0 Å². The fourth-order valence-electron chi connectivity index (χ4n) is 4.73. The number of piperidine rings is 3. The molecule has 6 nitrogen and oxygen atoms in total. The minimum Gasteiger partial charge on any atom is -0.497 e. The van der Waals surface area contributed by atoms with Crippen LogP contribution in [-0.4, -0.2) is 50.8 Å². The number of pyridine rings is 1. The van der Waals surface area contributed by atoms with Gasteiger partial charge in [-0.05, 0) is 61.1 Å². The zero-order valence-corrected chi connectivity index (χ0v) is 17.1. The molecule has 0 aliphatic carbocycles. The number of nitrogens with zero attached hydrogens (tertiary/aromatic N) is 2. The molecule has 5 rings (SSSR count). The maximum atomic E-state index is 12.1. The maximum absolute atomic E-state index is 12.1. The summed E-state index contributed by atoms with van der Waals surface area (Å²) in [6.45, 7) is 5.83. The molecule has 3 aliphatic heterocycles. The molecule has 1 unspecified atom stereocenters. The first kappa shape index (κ1) is 19.4. The van der Waals surface area contributed by atoms with Gasteiger partial charge in [-0.15, -0.1) is 6.58 Å². The van der Waals surface area contributed by atoms with Gasteiger partial charge in [-0.2, -0.15) is 8.42 Å². The summed E-state index contributed by atoms with van der Waals surface area (Å²) in [5.41, 5.74) is 1.63. The molecule has 4 heterocycles. The molecule has 1 aromatic heterocycles. The Kier molecular flexibility index (Phi) is 5.16. The lowest BCUT2D eigenvalue weighted by atomic mass is 9.73. The monoisotopic (exact) mass is 402 g/mol. The Morgan fingerprint density at radius 2 is 2.18 bits per heavy atom. The Labute approximate surface area is 166 Å². The summed E-state index contributed by atoms with van der Waals surface area (Å²) in [5.74, 6) is 1.68. The summed E-state index contributed by atoms with van der Waals surface area (Å²) in [7, 11) is -2.03. The first-order chi connectivity index (χ1) is 13.4. The van der Waals surface area contributed by atoms with Crippen LogP contribution in [0.5, 0.6) is 5.75 Å². The normalized spacial score (nSPS) is 28.2. The van der Waals surface area contributed by atoms with E-state index >= 15 is 0 Å².